The summed E-state index contributed by atoms with van der Waals surface area (Å²) in [5.41, 5.74) is 1.83. The van der Waals surface area contributed by atoms with E-state index in [-0.39, 0.29) is 11.7 Å². The van der Waals surface area contributed by atoms with E-state index < -0.39 is 0 Å². The largest absolute Gasteiger partial charge is 0.493 e. The van der Waals surface area contributed by atoms with Gasteiger partial charge < -0.3 is 19.4 Å². The molecule has 7 nitrogen and oxygen atoms in total. The van der Waals surface area contributed by atoms with Gasteiger partial charge >= 0.3 is 0 Å². The van der Waals surface area contributed by atoms with Crippen LogP contribution in [-0.2, 0) is 17.8 Å². The lowest BCUT2D eigenvalue weighted by molar-refractivity contribution is -0.113. The molecule has 3 rings (SSSR count). The maximum absolute atomic E-state index is 12.2. The number of hydrogen-bond acceptors (Lipinski definition) is 6. The van der Waals surface area contributed by atoms with E-state index in [0.29, 0.717) is 17.9 Å². The molecule has 152 valence electrons. The maximum atomic E-state index is 12.2. The predicted molar refractivity (Wildman–Crippen MR) is 114 cm³/mol. The molecule has 0 aliphatic carbocycles. The number of ether oxygens (including phenoxy) is 2. The first-order chi connectivity index (χ1) is 14.1. The van der Waals surface area contributed by atoms with Crippen LogP contribution in [0.3, 0.4) is 0 Å². The number of hydrogen-bond donors (Lipinski definition) is 1. The first kappa shape index (κ1) is 20.7. The van der Waals surface area contributed by atoms with Crippen LogP contribution in [0.4, 0.5) is 5.69 Å². The summed E-state index contributed by atoms with van der Waals surface area (Å²) in [6.07, 6.45) is 0.609. The molecule has 29 heavy (non-hydrogen) atoms. The van der Waals surface area contributed by atoms with Crippen LogP contribution in [0.15, 0.2) is 53.7 Å². The van der Waals surface area contributed by atoms with Crippen LogP contribution >= 0.6 is 11.8 Å². The molecule has 0 atom stereocenters. The van der Waals surface area contributed by atoms with Crippen molar-refractivity contribution in [3.05, 3.63) is 59.9 Å². The van der Waals surface area contributed by atoms with E-state index >= 15 is 0 Å². The van der Waals surface area contributed by atoms with Crippen molar-refractivity contribution in [2.75, 3.05) is 25.3 Å². The van der Waals surface area contributed by atoms with Gasteiger partial charge in [-0.1, -0.05) is 36.0 Å². The zero-order valence-electron chi connectivity index (χ0n) is 16.7. The van der Waals surface area contributed by atoms with E-state index in [2.05, 4.69) is 15.5 Å². The zero-order chi connectivity index (χ0) is 20.6. The summed E-state index contributed by atoms with van der Waals surface area (Å²) in [7, 11) is 3.23. The molecule has 0 radical (unpaired) electrons. The summed E-state index contributed by atoms with van der Waals surface area (Å²) >= 11 is 1.38. The van der Waals surface area contributed by atoms with Crippen molar-refractivity contribution in [2.24, 2.45) is 0 Å². The number of anilines is 1. The molecule has 0 spiro atoms. The third-order valence-electron chi connectivity index (χ3n) is 4.31. The van der Waals surface area contributed by atoms with Gasteiger partial charge in [0.25, 0.3) is 0 Å². The van der Waals surface area contributed by atoms with E-state index in [1.54, 1.807) is 14.2 Å². The van der Waals surface area contributed by atoms with Gasteiger partial charge in [0.1, 0.15) is 5.82 Å². The van der Waals surface area contributed by atoms with Crippen LogP contribution in [-0.4, -0.2) is 40.6 Å². The molecule has 0 fully saturated rings. The smallest absolute Gasteiger partial charge is 0.234 e. The number of carbonyl (C=O) groups is 1. The Labute approximate surface area is 174 Å². The summed E-state index contributed by atoms with van der Waals surface area (Å²) in [4.78, 5) is 12.2. The monoisotopic (exact) mass is 412 g/mol. The second kappa shape index (κ2) is 9.97. The lowest BCUT2D eigenvalue weighted by atomic mass is 10.1. The van der Waals surface area contributed by atoms with Gasteiger partial charge in [-0.05, 0) is 36.8 Å². The Hall–Kier alpha value is -3.00. The number of thioether (sulfide) groups is 1. The van der Waals surface area contributed by atoms with Crippen molar-refractivity contribution in [1.29, 1.82) is 0 Å². The minimum Gasteiger partial charge on any atom is -0.493 e. The Bertz CT molecular complexity index is 960. The van der Waals surface area contributed by atoms with Crippen molar-refractivity contribution in [2.45, 2.75) is 25.0 Å². The van der Waals surface area contributed by atoms with Crippen LogP contribution in [0.5, 0.6) is 11.5 Å². The Morgan fingerprint density at radius 2 is 1.83 bits per heavy atom. The molecule has 1 heterocycles. The van der Waals surface area contributed by atoms with E-state index in [9.17, 15) is 4.79 Å². The molecule has 0 aliphatic heterocycles. The average molecular weight is 413 g/mol. The summed E-state index contributed by atoms with van der Waals surface area (Å²) < 4.78 is 12.7. The maximum Gasteiger partial charge on any atom is 0.234 e. The minimum atomic E-state index is -0.0757. The van der Waals surface area contributed by atoms with E-state index in [0.717, 1.165) is 28.8 Å². The second-order valence-electron chi connectivity index (χ2n) is 6.21. The number of para-hydroxylation sites is 1. The predicted octanol–water partition coefficient (Wildman–Crippen LogP) is 3.64. The Morgan fingerprint density at radius 3 is 2.52 bits per heavy atom. The highest BCUT2D eigenvalue weighted by Gasteiger charge is 2.15. The van der Waals surface area contributed by atoms with Gasteiger partial charge in [0, 0.05) is 18.7 Å². The fourth-order valence-corrected chi connectivity index (χ4v) is 3.72. The fraction of sp³-hybridized carbons (Fsp3) is 0.286. The molecular weight excluding hydrogens is 388 g/mol. The number of aromatic nitrogens is 3. The number of rotatable bonds is 9. The van der Waals surface area contributed by atoms with Crippen LogP contribution in [0, 0.1) is 0 Å². The molecule has 1 amide bonds. The Balaban J connectivity index is 1.66. The van der Waals surface area contributed by atoms with E-state index in [4.69, 9.17) is 9.47 Å². The molecule has 0 bridgehead atoms. The number of amides is 1. The first-order valence-electron chi connectivity index (χ1n) is 9.25. The Morgan fingerprint density at radius 1 is 1.07 bits per heavy atom. The standard InChI is InChI=1S/C21H24N4O3S/c1-4-25-19(13-15-10-11-17(27-2)18(12-15)28-3)23-24-21(25)29-14-20(26)22-16-8-6-5-7-9-16/h5-12H,4,13-14H2,1-3H3,(H,22,26). The van der Waals surface area contributed by atoms with Gasteiger partial charge in [-0.3, -0.25) is 4.79 Å². The van der Waals surface area contributed by atoms with Crippen LogP contribution in [0.2, 0.25) is 0 Å². The van der Waals surface area contributed by atoms with Crippen molar-refractivity contribution in [3.63, 3.8) is 0 Å². The number of nitrogens with zero attached hydrogens (tertiary/aromatic N) is 3. The summed E-state index contributed by atoms with van der Waals surface area (Å²) in [5.74, 6) is 2.40. The van der Waals surface area contributed by atoms with Crippen molar-refractivity contribution < 1.29 is 14.3 Å². The molecule has 0 aliphatic rings. The fourth-order valence-electron chi connectivity index (χ4n) is 2.90. The highest BCUT2D eigenvalue weighted by atomic mass is 32.2. The van der Waals surface area contributed by atoms with Crippen molar-refractivity contribution in [3.8, 4) is 11.5 Å². The van der Waals surface area contributed by atoms with Gasteiger partial charge in [0.15, 0.2) is 16.7 Å². The molecule has 0 unspecified atom stereocenters. The van der Waals surface area contributed by atoms with E-state index in [1.165, 1.54) is 11.8 Å². The first-order valence-corrected chi connectivity index (χ1v) is 10.2. The van der Waals surface area contributed by atoms with E-state index in [1.807, 2.05) is 60.0 Å². The molecule has 0 saturated heterocycles. The highest BCUT2D eigenvalue weighted by Crippen LogP contribution is 2.28. The van der Waals surface area contributed by atoms with Gasteiger partial charge in [-0.25, -0.2) is 0 Å². The molecule has 2 aromatic carbocycles. The normalized spacial score (nSPS) is 10.6. The van der Waals surface area contributed by atoms with Crippen LogP contribution < -0.4 is 14.8 Å². The van der Waals surface area contributed by atoms with Gasteiger partial charge in [0.05, 0.1) is 20.0 Å². The summed E-state index contributed by atoms with van der Waals surface area (Å²) in [6.45, 7) is 2.76. The van der Waals surface area contributed by atoms with Gasteiger partial charge in [0.2, 0.25) is 5.91 Å². The number of methoxy groups -OCH3 is 2. The lowest BCUT2D eigenvalue weighted by Gasteiger charge is -2.10. The van der Waals surface area contributed by atoms with Crippen LogP contribution in [0.1, 0.15) is 18.3 Å². The molecule has 1 N–H and O–H groups in total. The lowest BCUT2D eigenvalue weighted by Crippen LogP contribution is -2.14. The average Bonchev–Trinajstić information content (AvgIpc) is 3.14. The molecule has 0 saturated carbocycles. The second-order valence-corrected chi connectivity index (χ2v) is 7.15. The number of nitrogens with one attached hydrogen (secondary N) is 1. The Kier molecular flexibility index (Phi) is 7.13. The summed E-state index contributed by atoms with van der Waals surface area (Å²) in [6, 6.07) is 15.2. The SMILES string of the molecule is CCn1c(Cc2ccc(OC)c(OC)c2)nnc1SCC(=O)Nc1ccccc1. The number of benzene rings is 2. The molecule has 1 aromatic heterocycles. The molecule has 8 heteroatoms. The van der Waals surface area contributed by atoms with Crippen LogP contribution in [0.25, 0.3) is 0 Å². The minimum absolute atomic E-state index is 0.0757. The van der Waals surface area contributed by atoms with Crippen molar-refractivity contribution >= 4 is 23.4 Å². The molecule has 3 aromatic rings. The third kappa shape index (κ3) is 5.29. The topological polar surface area (TPSA) is 78.3 Å². The third-order valence-corrected chi connectivity index (χ3v) is 5.28. The number of carbonyl (C=O) groups excluding carboxylic acids is 1. The molecular formula is C21H24N4O3S. The quantitative estimate of drug-likeness (QED) is 0.541. The van der Waals surface area contributed by atoms with Gasteiger partial charge in [-0.2, -0.15) is 0 Å². The van der Waals surface area contributed by atoms with Gasteiger partial charge in [-0.15, -0.1) is 10.2 Å². The zero-order valence-corrected chi connectivity index (χ0v) is 17.5. The van der Waals surface area contributed by atoms with Crippen molar-refractivity contribution in [1.82, 2.24) is 14.8 Å². The summed E-state index contributed by atoms with van der Waals surface area (Å²) in [5, 5.41) is 12.2. The highest BCUT2D eigenvalue weighted by molar-refractivity contribution is 7.99.